The van der Waals surface area contributed by atoms with E-state index < -0.39 is 0 Å². The lowest BCUT2D eigenvalue weighted by atomic mass is 10.1. The molecule has 1 aliphatic heterocycles. The Morgan fingerprint density at radius 2 is 2.11 bits per heavy atom. The molecule has 3 nitrogen and oxygen atoms in total. The highest BCUT2D eigenvalue weighted by atomic mass is 79.9. The lowest BCUT2D eigenvalue weighted by molar-refractivity contribution is -0.132. The summed E-state index contributed by atoms with van der Waals surface area (Å²) in [5.41, 5.74) is 1.24. The van der Waals surface area contributed by atoms with Crippen LogP contribution in [0.2, 0.25) is 0 Å². The third kappa shape index (κ3) is 3.25. The van der Waals surface area contributed by atoms with Crippen molar-refractivity contribution in [3.05, 3.63) is 29.8 Å². The number of ether oxygens (including phenoxy) is 1. The van der Waals surface area contributed by atoms with Crippen molar-refractivity contribution >= 4 is 21.8 Å². The number of methoxy groups -OCH3 is 1. The van der Waals surface area contributed by atoms with E-state index in [-0.39, 0.29) is 10.7 Å². The molecule has 1 unspecified atom stereocenters. The second-order valence-corrected chi connectivity index (χ2v) is 5.64. The summed E-state index contributed by atoms with van der Waals surface area (Å²) in [6.45, 7) is 1.68. The molecule has 0 radical (unpaired) electrons. The third-order valence-electron chi connectivity index (χ3n) is 3.29. The summed E-state index contributed by atoms with van der Waals surface area (Å²) in [7, 11) is 1.66. The summed E-state index contributed by atoms with van der Waals surface area (Å²) < 4.78 is 5.12. The zero-order chi connectivity index (χ0) is 13.0. The number of benzene rings is 1. The molecule has 1 fully saturated rings. The molecule has 98 valence electrons. The molecule has 0 bridgehead atoms. The molecule has 2 rings (SSSR count). The van der Waals surface area contributed by atoms with Gasteiger partial charge < -0.3 is 9.64 Å². The van der Waals surface area contributed by atoms with Crippen molar-refractivity contribution in [3.8, 4) is 5.75 Å². The van der Waals surface area contributed by atoms with Crippen LogP contribution in [0.3, 0.4) is 0 Å². The van der Waals surface area contributed by atoms with Crippen molar-refractivity contribution in [3.63, 3.8) is 0 Å². The second kappa shape index (κ2) is 6.23. The summed E-state index contributed by atoms with van der Waals surface area (Å²) in [6, 6.07) is 8.03. The Hall–Kier alpha value is -1.03. The van der Waals surface area contributed by atoms with Crippen LogP contribution >= 0.6 is 15.9 Å². The van der Waals surface area contributed by atoms with Gasteiger partial charge in [-0.3, -0.25) is 4.79 Å². The Balaban J connectivity index is 1.88. The number of piperidine rings is 1. The molecular weight excluding hydrogens is 294 g/mol. The summed E-state index contributed by atoms with van der Waals surface area (Å²) >= 11 is 3.43. The summed E-state index contributed by atoms with van der Waals surface area (Å²) in [6.07, 6.45) is 2.94. The average molecular weight is 312 g/mol. The maximum absolute atomic E-state index is 11.9. The first-order valence-corrected chi connectivity index (χ1v) is 7.18. The number of alkyl halides is 1. The van der Waals surface area contributed by atoms with Gasteiger partial charge in [0.25, 0.3) is 0 Å². The van der Waals surface area contributed by atoms with Gasteiger partial charge >= 0.3 is 0 Å². The van der Waals surface area contributed by atoms with E-state index in [0.717, 1.165) is 38.1 Å². The SMILES string of the molecule is COc1ccc(CCN2CCCC(Br)C2=O)cc1. The molecule has 0 saturated carbocycles. The van der Waals surface area contributed by atoms with Gasteiger partial charge in [0.1, 0.15) is 5.75 Å². The topological polar surface area (TPSA) is 29.5 Å². The van der Waals surface area contributed by atoms with Gasteiger partial charge in [-0.2, -0.15) is 0 Å². The molecule has 1 atom stereocenters. The van der Waals surface area contributed by atoms with Crippen LogP contribution < -0.4 is 4.74 Å². The fourth-order valence-corrected chi connectivity index (χ4v) is 2.78. The van der Waals surface area contributed by atoms with E-state index in [4.69, 9.17) is 4.74 Å². The molecule has 0 aromatic heterocycles. The van der Waals surface area contributed by atoms with Gasteiger partial charge in [-0.15, -0.1) is 0 Å². The number of hydrogen-bond donors (Lipinski definition) is 0. The highest BCUT2D eigenvalue weighted by molar-refractivity contribution is 9.10. The minimum Gasteiger partial charge on any atom is -0.497 e. The number of carbonyl (C=O) groups excluding carboxylic acids is 1. The molecular formula is C14H18BrNO2. The second-order valence-electron chi connectivity index (χ2n) is 4.53. The Morgan fingerprint density at radius 1 is 1.39 bits per heavy atom. The van der Waals surface area contributed by atoms with Crippen LogP contribution in [0.15, 0.2) is 24.3 Å². The van der Waals surface area contributed by atoms with E-state index in [1.54, 1.807) is 7.11 Å². The Morgan fingerprint density at radius 3 is 2.78 bits per heavy atom. The van der Waals surface area contributed by atoms with Crippen molar-refractivity contribution in [2.45, 2.75) is 24.1 Å². The molecule has 1 amide bonds. The van der Waals surface area contributed by atoms with Crippen LogP contribution in [0, 0.1) is 0 Å². The summed E-state index contributed by atoms with van der Waals surface area (Å²) in [5, 5.41) is 0. The first-order chi connectivity index (χ1) is 8.70. The Kier molecular flexibility index (Phi) is 4.64. The standard InChI is InChI=1S/C14H18BrNO2/c1-18-12-6-4-11(5-7-12)8-10-16-9-2-3-13(15)14(16)17/h4-7,13H,2-3,8-10H2,1H3. The van der Waals surface area contributed by atoms with Gasteiger partial charge in [0.15, 0.2) is 0 Å². The van der Waals surface area contributed by atoms with Gasteiger partial charge in [0.05, 0.1) is 11.9 Å². The van der Waals surface area contributed by atoms with Crippen molar-refractivity contribution in [2.24, 2.45) is 0 Å². The van der Waals surface area contributed by atoms with E-state index in [1.165, 1.54) is 5.56 Å². The van der Waals surface area contributed by atoms with Gasteiger partial charge in [-0.25, -0.2) is 0 Å². The van der Waals surface area contributed by atoms with Crippen LogP contribution in [0.1, 0.15) is 18.4 Å². The molecule has 0 aliphatic carbocycles. The molecule has 1 aliphatic rings. The van der Waals surface area contributed by atoms with Crippen molar-refractivity contribution in [1.29, 1.82) is 0 Å². The van der Waals surface area contributed by atoms with Crippen LogP contribution in [0.25, 0.3) is 0 Å². The summed E-state index contributed by atoms with van der Waals surface area (Å²) in [5.74, 6) is 1.10. The number of likely N-dealkylation sites (tertiary alicyclic amines) is 1. The maximum atomic E-state index is 11.9. The number of rotatable bonds is 4. The first kappa shape index (κ1) is 13.4. The van der Waals surface area contributed by atoms with Crippen LogP contribution in [-0.2, 0) is 11.2 Å². The van der Waals surface area contributed by atoms with E-state index >= 15 is 0 Å². The van der Waals surface area contributed by atoms with Gasteiger partial charge in [0, 0.05) is 13.1 Å². The van der Waals surface area contributed by atoms with Crippen molar-refractivity contribution in [1.82, 2.24) is 4.90 Å². The minimum absolute atomic E-state index is 0.0158. The lowest BCUT2D eigenvalue weighted by Gasteiger charge is -2.29. The maximum Gasteiger partial charge on any atom is 0.236 e. The smallest absolute Gasteiger partial charge is 0.236 e. The van der Waals surface area contributed by atoms with Crippen molar-refractivity contribution in [2.75, 3.05) is 20.2 Å². The highest BCUT2D eigenvalue weighted by Crippen LogP contribution is 2.19. The number of nitrogens with zero attached hydrogens (tertiary/aromatic N) is 1. The predicted molar refractivity (Wildman–Crippen MR) is 75.2 cm³/mol. The molecule has 4 heteroatoms. The predicted octanol–water partition coefficient (Wildman–Crippen LogP) is 2.62. The molecule has 1 aromatic rings. The lowest BCUT2D eigenvalue weighted by Crippen LogP contribution is -2.42. The Bertz CT molecular complexity index is 405. The van der Waals surface area contributed by atoms with E-state index in [1.807, 2.05) is 17.0 Å². The first-order valence-electron chi connectivity index (χ1n) is 6.26. The molecule has 1 saturated heterocycles. The number of halogens is 1. The molecule has 1 heterocycles. The van der Waals surface area contributed by atoms with Crippen LogP contribution in [0.5, 0.6) is 5.75 Å². The van der Waals surface area contributed by atoms with Gasteiger partial charge in [-0.05, 0) is 37.0 Å². The van der Waals surface area contributed by atoms with Crippen molar-refractivity contribution < 1.29 is 9.53 Å². The number of hydrogen-bond acceptors (Lipinski definition) is 2. The molecule has 0 spiro atoms. The van der Waals surface area contributed by atoms with Crippen LogP contribution in [-0.4, -0.2) is 35.8 Å². The van der Waals surface area contributed by atoms with Gasteiger partial charge in [0.2, 0.25) is 5.91 Å². The molecule has 18 heavy (non-hydrogen) atoms. The number of amides is 1. The van der Waals surface area contributed by atoms with E-state index in [0.29, 0.717) is 0 Å². The van der Waals surface area contributed by atoms with E-state index in [2.05, 4.69) is 28.1 Å². The van der Waals surface area contributed by atoms with E-state index in [9.17, 15) is 4.79 Å². The van der Waals surface area contributed by atoms with Gasteiger partial charge in [-0.1, -0.05) is 28.1 Å². The highest BCUT2D eigenvalue weighted by Gasteiger charge is 2.25. The zero-order valence-electron chi connectivity index (χ0n) is 10.6. The quantitative estimate of drug-likeness (QED) is 0.800. The largest absolute Gasteiger partial charge is 0.497 e. The molecule has 1 aromatic carbocycles. The minimum atomic E-state index is 0.0158. The fraction of sp³-hybridized carbons (Fsp3) is 0.500. The fourth-order valence-electron chi connectivity index (χ4n) is 2.17. The monoisotopic (exact) mass is 311 g/mol. The molecule has 0 N–H and O–H groups in total. The average Bonchev–Trinajstić information content (AvgIpc) is 2.41. The number of carbonyl (C=O) groups is 1. The Labute approximate surface area is 116 Å². The summed E-state index contributed by atoms with van der Waals surface area (Å²) in [4.78, 5) is 13.9. The zero-order valence-corrected chi connectivity index (χ0v) is 12.1. The normalized spacial score (nSPS) is 20.0. The third-order valence-corrected chi connectivity index (χ3v) is 4.14. The van der Waals surface area contributed by atoms with Crippen LogP contribution in [0.4, 0.5) is 0 Å².